The molecule has 0 unspecified atom stereocenters. The lowest BCUT2D eigenvalue weighted by atomic mass is 9.98. The number of hydrogen-bond acceptors (Lipinski definition) is 7. The van der Waals surface area contributed by atoms with Gasteiger partial charge in [-0.25, -0.2) is 4.99 Å². The fraction of sp³-hybridized carbons (Fsp3) is 0.143. The zero-order chi connectivity index (χ0) is 30.2. The van der Waals surface area contributed by atoms with Crippen LogP contribution in [0.5, 0.6) is 23.0 Å². The molecule has 0 amide bonds. The van der Waals surface area contributed by atoms with Gasteiger partial charge >= 0.3 is 0 Å². The summed E-state index contributed by atoms with van der Waals surface area (Å²) in [5, 5.41) is 10.9. The Balaban J connectivity index is 1.50. The summed E-state index contributed by atoms with van der Waals surface area (Å²) in [5.74, 6) is 3.28. The Morgan fingerprint density at radius 3 is 2.14 bits per heavy atom. The lowest BCUT2D eigenvalue weighted by molar-refractivity contribution is 0.269. The molecule has 0 atom stereocenters. The average molecular weight is 593 g/mol. The van der Waals surface area contributed by atoms with Crippen LogP contribution in [0.3, 0.4) is 0 Å². The predicted octanol–water partition coefficient (Wildman–Crippen LogP) is 8.88. The van der Waals surface area contributed by atoms with Crippen molar-refractivity contribution in [2.24, 2.45) is 4.99 Å². The lowest BCUT2D eigenvalue weighted by Crippen LogP contribution is -2.01. The molecule has 0 spiro atoms. The highest BCUT2D eigenvalue weighted by Crippen LogP contribution is 2.43. The second kappa shape index (κ2) is 13.6. The topological polar surface area (TPSA) is 86.2 Å². The van der Waals surface area contributed by atoms with Crippen LogP contribution in [0.1, 0.15) is 23.6 Å². The number of nitrogens with zero attached hydrogens (tertiary/aromatic N) is 2. The lowest BCUT2D eigenvalue weighted by Gasteiger charge is -2.13. The van der Waals surface area contributed by atoms with Crippen LogP contribution in [0.4, 0.5) is 5.88 Å². The van der Waals surface area contributed by atoms with Crippen molar-refractivity contribution < 1.29 is 23.4 Å². The van der Waals surface area contributed by atoms with Crippen molar-refractivity contribution in [2.75, 3.05) is 20.8 Å². The number of rotatable bonds is 11. The van der Waals surface area contributed by atoms with Gasteiger partial charge < -0.3 is 23.4 Å². The molecule has 216 valence electrons. The summed E-state index contributed by atoms with van der Waals surface area (Å²) >= 11 is 6.29. The summed E-state index contributed by atoms with van der Waals surface area (Å²) in [6, 6.07) is 30.3. The van der Waals surface area contributed by atoms with Crippen molar-refractivity contribution in [3.8, 4) is 51.5 Å². The van der Waals surface area contributed by atoms with Crippen LogP contribution in [-0.2, 0) is 6.61 Å². The van der Waals surface area contributed by atoms with Crippen LogP contribution >= 0.6 is 11.6 Å². The van der Waals surface area contributed by atoms with E-state index in [1.165, 1.54) is 0 Å². The molecule has 4 aromatic carbocycles. The van der Waals surface area contributed by atoms with Gasteiger partial charge in [0.1, 0.15) is 35.5 Å². The molecule has 43 heavy (non-hydrogen) atoms. The van der Waals surface area contributed by atoms with Crippen molar-refractivity contribution >= 4 is 23.7 Å². The number of methoxy groups -OCH3 is 2. The van der Waals surface area contributed by atoms with Crippen LogP contribution in [0.2, 0.25) is 5.02 Å². The van der Waals surface area contributed by atoms with Crippen LogP contribution in [-0.4, -0.2) is 27.0 Å². The monoisotopic (exact) mass is 592 g/mol. The Kier molecular flexibility index (Phi) is 9.30. The number of benzene rings is 4. The van der Waals surface area contributed by atoms with E-state index in [0.717, 1.165) is 22.3 Å². The van der Waals surface area contributed by atoms with E-state index in [1.807, 2.05) is 97.9 Å². The van der Waals surface area contributed by atoms with Gasteiger partial charge in [-0.2, -0.15) is 5.26 Å². The molecule has 5 rings (SSSR count). The molecular weight excluding hydrogens is 564 g/mol. The molecule has 0 N–H and O–H groups in total. The van der Waals surface area contributed by atoms with Gasteiger partial charge in [0, 0.05) is 27.9 Å². The van der Waals surface area contributed by atoms with Gasteiger partial charge in [-0.05, 0) is 78.7 Å². The molecule has 0 saturated heterocycles. The summed E-state index contributed by atoms with van der Waals surface area (Å²) in [6.07, 6.45) is 1.63. The molecule has 1 heterocycles. The highest BCUT2D eigenvalue weighted by molar-refractivity contribution is 6.31. The number of halogens is 1. The maximum absolute atomic E-state index is 10.2. The molecule has 0 bridgehead atoms. The number of furan rings is 1. The van der Waals surface area contributed by atoms with Crippen molar-refractivity contribution in [1.82, 2.24) is 0 Å². The summed E-state index contributed by atoms with van der Waals surface area (Å²) in [6.45, 7) is 2.66. The Hall–Kier alpha value is -5.19. The minimum absolute atomic E-state index is 0.191. The second-order valence-electron chi connectivity index (χ2n) is 9.33. The Bertz CT molecular complexity index is 1770. The van der Waals surface area contributed by atoms with Gasteiger partial charge in [0.15, 0.2) is 11.5 Å². The number of nitriles is 1. The van der Waals surface area contributed by atoms with E-state index in [0.29, 0.717) is 58.1 Å². The first kappa shape index (κ1) is 29.3. The minimum Gasteiger partial charge on any atom is -0.497 e. The number of hydrogen-bond donors (Lipinski definition) is 0. The van der Waals surface area contributed by atoms with Crippen molar-refractivity contribution in [2.45, 2.75) is 13.5 Å². The third-order valence-corrected chi connectivity index (χ3v) is 7.04. The summed E-state index contributed by atoms with van der Waals surface area (Å²) < 4.78 is 28.8. The van der Waals surface area contributed by atoms with E-state index in [1.54, 1.807) is 20.4 Å². The first-order valence-corrected chi connectivity index (χ1v) is 13.9. The number of ether oxygens (including phenoxy) is 4. The Morgan fingerprint density at radius 1 is 0.837 bits per heavy atom. The Labute approximate surface area is 255 Å². The van der Waals surface area contributed by atoms with Gasteiger partial charge in [-0.1, -0.05) is 41.9 Å². The largest absolute Gasteiger partial charge is 0.497 e. The molecule has 0 aliphatic rings. The second-order valence-corrected chi connectivity index (χ2v) is 9.74. The molecule has 0 aliphatic heterocycles. The van der Waals surface area contributed by atoms with Crippen LogP contribution in [0, 0.1) is 11.3 Å². The fourth-order valence-electron chi connectivity index (χ4n) is 4.49. The summed E-state index contributed by atoms with van der Waals surface area (Å²) in [4.78, 5) is 4.61. The van der Waals surface area contributed by atoms with E-state index in [9.17, 15) is 5.26 Å². The van der Waals surface area contributed by atoms with Crippen molar-refractivity contribution in [1.29, 1.82) is 5.26 Å². The first-order valence-electron chi connectivity index (χ1n) is 13.6. The highest BCUT2D eigenvalue weighted by Gasteiger charge is 2.23. The molecule has 7 nitrogen and oxygen atoms in total. The van der Waals surface area contributed by atoms with Gasteiger partial charge in [-0.3, -0.25) is 0 Å². The van der Waals surface area contributed by atoms with E-state index in [2.05, 4.69) is 11.1 Å². The maximum Gasteiger partial charge on any atom is 0.238 e. The predicted molar refractivity (Wildman–Crippen MR) is 168 cm³/mol. The third-order valence-electron chi connectivity index (χ3n) is 6.67. The van der Waals surface area contributed by atoms with E-state index >= 15 is 0 Å². The number of aliphatic imine (C=N–C) groups is 1. The molecular formula is C35H29ClN2O5. The molecule has 0 fully saturated rings. The average Bonchev–Trinajstić information content (AvgIpc) is 3.42. The van der Waals surface area contributed by atoms with Crippen molar-refractivity contribution in [3.63, 3.8) is 0 Å². The summed E-state index contributed by atoms with van der Waals surface area (Å²) in [7, 11) is 3.22. The zero-order valence-electron chi connectivity index (χ0n) is 24.0. The Morgan fingerprint density at radius 2 is 1.51 bits per heavy atom. The van der Waals surface area contributed by atoms with E-state index in [-0.39, 0.29) is 5.88 Å². The smallest absolute Gasteiger partial charge is 0.238 e. The molecule has 0 saturated carbocycles. The van der Waals surface area contributed by atoms with Gasteiger partial charge in [0.25, 0.3) is 0 Å². The molecule has 1 aromatic heterocycles. The van der Waals surface area contributed by atoms with E-state index < -0.39 is 0 Å². The summed E-state index contributed by atoms with van der Waals surface area (Å²) in [5.41, 5.74) is 4.15. The van der Waals surface area contributed by atoms with Crippen molar-refractivity contribution in [3.05, 3.63) is 113 Å². The maximum atomic E-state index is 10.2. The molecule has 5 aromatic rings. The van der Waals surface area contributed by atoms with Crippen LogP contribution in [0.25, 0.3) is 22.5 Å². The van der Waals surface area contributed by atoms with E-state index in [4.69, 9.17) is 35.0 Å². The standard InChI is InChI=1S/C35H29ClN2O5/c1-4-41-32-19-23(9-18-31(32)42-22-26-7-5-6-8-30(26)36)21-38-35-29(20-37)33(24-10-14-27(39-2)15-11-24)34(43-35)25-12-16-28(40-3)17-13-25/h5-19,21H,4,22H2,1-3H3. The van der Waals surface area contributed by atoms with Crippen LogP contribution in [0.15, 0.2) is 100 Å². The quantitative estimate of drug-likeness (QED) is 0.142. The normalized spacial score (nSPS) is 10.9. The zero-order valence-corrected chi connectivity index (χ0v) is 24.7. The van der Waals surface area contributed by atoms with Gasteiger partial charge in [0.2, 0.25) is 5.88 Å². The molecule has 8 heteroatoms. The SMILES string of the molecule is CCOc1cc(C=Nc2oc(-c3ccc(OC)cc3)c(-c3ccc(OC)cc3)c2C#N)ccc1OCc1ccccc1Cl. The van der Waals surface area contributed by atoms with Gasteiger partial charge in [0.05, 0.1) is 20.8 Å². The first-order chi connectivity index (χ1) is 21.0. The van der Waals surface area contributed by atoms with Crippen LogP contribution < -0.4 is 18.9 Å². The molecule has 0 aliphatic carbocycles. The minimum atomic E-state index is 0.191. The van der Waals surface area contributed by atoms with Gasteiger partial charge in [-0.15, -0.1) is 0 Å². The fourth-order valence-corrected chi connectivity index (χ4v) is 4.68. The highest BCUT2D eigenvalue weighted by atomic mass is 35.5. The third kappa shape index (κ3) is 6.66. The molecule has 0 radical (unpaired) electrons.